The molecule has 3 rings (SSSR count). The number of benzene rings is 3. The van der Waals surface area contributed by atoms with Crippen LogP contribution in [-0.2, 0) is 6.42 Å². The number of nitrogens with one attached hydrogen (secondary N) is 1. The van der Waals surface area contributed by atoms with E-state index in [-0.39, 0.29) is 11.9 Å². The van der Waals surface area contributed by atoms with Gasteiger partial charge in [-0.1, -0.05) is 73.7 Å². The highest BCUT2D eigenvalue weighted by Crippen LogP contribution is 2.18. The molecule has 23 heavy (non-hydrogen) atoms. The third kappa shape index (κ3) is 3.59. The lowest BCUT2D eigenvalue weighted by molar-refractivity contribution is 0.0937. The van der Waals surface area contributed by atoms with Crippen molar-refractivity contribution in [2.24, 2.45) is 0 Å². The third-order valence-electron chi connectivity index (χ3n) is 4.19. The zero-order valence-corrected chi connectivity index (χ0v) is 13.3. The summed E-state index contributed by atoms with van der Waals surface area (Å²) in [7, 11) is 0. The van der Waals surface area contributed by atoms with Crippen LogP contribution in [0.5, 0.6) is 0 Å². The van der Waals surface area contributed by atoms with Gasteiger partial charge in [-0.25, -0.2) is 0 Å². The quantitative estimate of drug-likeness (QED) is 0.734. The molecule has 0 bridgehead atoms. The van der Waals surface area contributed by atoms with Gasteiger partial charge in [0.2, 0.25) is 0 Å². The predicted molar refractivity (Wildman–Crippen MR) is 95.6 cm³/mol. The van der Waals surface area contributed by atoms with Crippen LogP contribution in [0.3, 0.4) is 0 Å². The second kappa shape index (κ2) is 7.10. The number of amides is 1. The lowest BCUT2D eigenvalue weighted by atomic mass is 10.0. The Morgan fingerprint density at radius 3 is 2.39 bits per heavy atom. The highest BCUT2D eigenvalue weighted by molar-refractivity contribution is 6.07. The van der Waals surface area contributed by atoms with E-state index in [2.05, 4.69) is 24.4 Å². The Balaban J connectivity index is 1.79. The average Bonchev–Trinajstić information content (AvgIpc) is 2.61. The van der Waals surface area contributed by atoms with Gasteiger partial charge in [-0.3, -0.25) is 4.79 Å². The van der Waals surface area contributed by atoms with Crippen molar-refractivity contribution < 1.29 is 4.79 Å². The van der Waals surface area contributed by atoms with Gasteiger partial charge in [0.15, 0.2) is 0 Å². The third-order valence-corrected chi connectivity index (χ3v) is 4.19. The van der Waals surface area contributed by atoms with E-state index in [0.717, 1.165) is 29.2 Å². The molecule has 0 spiro atoms. The molecular weight excluding hydrogens is 282 g/mol. The molecule has 0 radical (unpaired) electrons. The lowest BCUT2D eigenvalue weighted by Gasteiger charge is -2.18. The molecule has 0 aromatic heterocycles. The van der Waals surface area contributed by atoms with E-state index < -0.39 is 0 Å². The molecule has 0 unspecified atom stereocenters. The molecule has 0 aliphatic heterocycles. The summed E-state index contributed by atoms with van der Waals surface area (Å²) in [5, 5.41) is 5.28. The van der Waals surface area contributed by atoms with E-state index in [9.17, 15) is 4.79 Å². The number of hydrogen-bond donors (Lipinski definition) is 1. The Kier molecular flexibility index (Phi) is 4.72. The van der Waals surface area contributed by atoms with Gasteiger partial charge >= 0.3 is 0 Å². The Hall–Kier alpha value is -2.61. The Morgan fingerprint density at radius 1 is 0.913 bits per heavy atom. The normalized spacial score (nSPS) is 12.0. The monoisotopic (exact) mass is 303 g/mol. The molecule has 0 aliphatic rings. The molecule has 3 aromatic carbocycles. The molecule has 3 aromatic rings. The molecule has 0 heterocycles. The molecule has 0 fully saturated rings. The summed E-state index contributed by atoms with van der Waals surface area (Å²) < 4.78 is 0. The number of carbonyl (C=O) groups excluding carboxylic acids is 1. The number of fused-ring (bicyclic) bond motifs is 1. The first kappa shape index (κ1) is 15.3. The van der Waals surface area contributed by atoms with Crippen LogP contribution >= 0.6 is 0 Å². The van der Waals surface area contributed by atoms with Gasteiger partial charge < -0.3 is 5.32 Å². The van der Waals surface area contributed by atoms with Gasteiger partial charge in [-0.05, 0) is 35.2 Å². The minimum absolute atomic E-state index is 0.00424. The van der Waals surface area contributed by atoms with Crippen molar-refractivity contribution in [1.82, 2.24) is 5.32 Å². The fraction of sp³-hybridized carbons (Fsp3) is 0.190. The standard InChI is InChI=1S/C21H21NO/c1-2-18(15-16-9-4-3-5-10-16)22-21(23)20-14-8-12-17-11-6-7-13-19(17)20/h3-14,18H,2,15H2,1H3,(H,22,23)/t18-/m0/s1. The van der Waals surface area contributed by atoms with E-state index in [1.807, 2.05) is 60.7 Å². The van der Waals surface area contributed by atoms with Gasteiger partial charge in [-0.15, -0.1) is 0 Å². The summed E-state index contributed by atoms with van der Waals surface area (Å²) in [6.45, 7) is 2.11. The van der Waals surface area contributed by atoms with Gasteiger partial charge in [0.05, 0.1) is 0 Å². The highest BCUT2D eigenvalue weighted by atomic mass is 16.1. The first-order chi connectivity index (χ1) is 11.3. The number of rotatable bonds is 5. The van der Waals surface area contributed by atoms with E-state index in [4.69, 9.17) is 0 Å². The van der Waals surface area contributed by atoms with Crippen molar-refractivity contribution >= 4 is 16.7 Å². The molecule has 2 heteroatoms. The second-order valence-corrected chi connectivity index (χ2v) is 5.80. The minimum atomic E-state index is 0.00424. The van der Waals surface area contributed by atoms with Crippen molar-refractivity contribution in [3.05, 3.63) is 83.9 Å². The van der Waals surface area contributed by atoms with Gasteiger partial charge in [0.1, 0.15) is 0 Å². The molecular formula is C21H21NO. The summed E-state index contributed by atoms with van der Waals surface area (Å²) in [6.07, 6.45) is 1.76. The maximum Gasteiger partial charge on any atom is 0.252 e. The highest BCUT2D eigenvalue weighted by Gasteiger charge is 2.14. The predicted octanol–water partition coefficient (Wildman–Crippen LogP) is 4.59. The van der Waals surface area contributed by atoms with Crippen LogP contribution in [0, 0.1) is 0 Å². The summed E-state index contributed by atoms with van der Waals surface area (Å²) >= 11 is 0. The van der Waals surface area contributed by atoms with Gasteiger partial charge in [-0.2, -0.15) is 0 Å². The van der Waals surface area contributed by atoms with E-state index in [1.165, 1.54) is 5.56 Å². The van der Waals surface area contributed by atoms with Crippen LogP contribution in [0.15, 0.2) is 72.8 Å². The largest absolute Gasteiger partial charge is 0.349 e. The molecule has 0 aliphatic carbocycles. The van der Waals surface area contributed by atoms with Crippen LogP contribution in [-0.4, -0.2) is 11.9 Å². The fourth-order valence-corrected chi connectivity index (χ4v) is 2.88. The lowest BCUT2D eigenvalue weighted by Crippen LogP contribution is -2.36. The maximum atomic E-state index is 12.7. The molecule has 0 saturated carbocycles. The van der Waals surface area contributed by atoms with Crippen molar-refractivity contribution in [1.29, 1.82) is 0 Å². The van der Waals surface area contributed by atoms with Crippen LogP contribution in [0.2, 0.25) is 0 Å². The zero-order chi connectivity index (χ0) is 16.1. The molecule has 0 saturated heterocycles. The summed E-state index contributed by atoms with van der Waals surface area (Å²) in [5.74, 6) is 0.00424. The first-order valence-electron chi connectivity index (χ1n) is 8.10. The summed E-state index contributed by atoms with van der Waals surface area (Å²) in [6, 6.07) is 24.3. The molecule has 1 amide bonds. The van der Waals surface area contributed by atoms with Crippen LogP contribution in [0.25, 0.3) is 10.8 Å². The average molecular weight is 303 g/mol. The van der Waals surface area contributed by atoms with Crippen molar-refractivity contribution in [2.75, 3.05) is 0 Å². The van der Waals surface area contributed by atoms with Crippen molar-refractivity contribution in [3.8, 4) is 0 Å². The summed E-state index contributed by atoms with van der Waals surface area (Å²) in [4.78, 5) is 12.7. The van der Waals surface area contributed by atoms with Crippen LogP contribution in [0.1, 0.15) is 29.3 Å². The van der Waals surface area contributed by atoms with Crippen molar-refractivity contribution in [2.45, 2.75) is 25.8 Å². The molecule has 1 N–H and O–H groups in total. The first-order valence-corrected chi connectivity index (χ1v) is 8.10. The van der Waals surface area contributed by atoms with E-state index >= 15 is 0 Å². The second-order valence-electron chi connectivity index (χ2n) is 5.80. The fourth-order valence-electron chi connectivity index (χ4n) is 2.88. The van der Waals surface area contributed by atoms with Crippen LogP contribution in [0.4, 0.5) is 0 Å². The molecule has 116 valence electrons. The Labute approximate surface area is 137 Å². The smallest absolute Gasteiger partial charge is 0.252 e. The molecule has 1 atom stereocenters. The molecule has 2 nitrogen and oxygen atoms in total. The number of carbonyl (C=O) groups is 1. The Bertz CT molecular complexity index is 790. The summed E-state index contributed by atoms with van der Waals surface area (Å²) in [5.41, 5.74) is 1.99. The maximum absolute atomic E-state index is 12.7. The SMILES string of the molecule is CC[C@@H](Cc1ccccc1)NC(=O)c1cccc2ccccc12. The Morgan fingerprint density at radius 2 is 1.61 bits per heavy atom. The van der Waals surface area contributed by atoms with Gasteiger partial charge in [0.25, 0.3) is 5.91 Å². The topological polar surface area (TPSA) is 29.1 Å². The van der Waals surface area contributed by atoms with Gasteiger partial charge in [0, 0.05) is 11.6 Å². The zero-order valence-electron chi connectivity index (χ0n) is 13.3. The van der Waals surface area contributed by atoms with E-state index in [0.29, 0.717) is 0 Å². The van der Waals surface area contributed by atoms with Crippen LogP contribution < -0.4 is 5.32 Å². The van der Waals surface area contributed by atoms with Crippen molar-refractivity contribution in [3.63, 3.8) is 0 Å². The minimum Gasteiger partial charge on any atom is -0.349 e. The number of hydrogen-bond acceptors (Lipinski definition) is 1. The van der Waals surface area contributed by atoms with E-state index in [1.54, 1.807) is 0 Å².